The first-order valence-corrected chi connectivity index (χ1v) is 10.7. The van der Waals surface area contributed by atoms with Gasteiger partial charge in [0.15, 0.2) is 5.16 Å². The van der Waals surface area contributed by atoms with Gasteiger partial charge in [0, 0.05) is 55.3 Å². The Kier molecular flexibility index (Phi) is 6.61. The maximum Gasteiger partial charge on any atom is 0.277 e. The highest BCUT2D eigenvalue weighted by molar-refractivity contribution is 7.98. The molecule has 3 heterocycles. The quantitative estimate of drug-likeness (QED) is 0.324. The molecule has 0 amide bonds. The van der Waals surface area contributed by atoms with Crippen molar-refractivity contribution in [3.05, 3.63) is 112 Å². The largest absolute Gasteiger partial charge is 0.327 e. The molecule has 0 fully saturated rings. The first-order chi connectivity index (χ1) is 14.8. The Morgan fingerprint density at radius 3 is 2.40 bits per heavy atom. The highest BCUT2D eigenvalue weighted by Gasteiger charge is 2.11. The van der Waals surface area contributed by atoms with Gasteiger partial charge in [-0.15, -0.1) is 0 Å². The summed E-state index contributed by atoms with van der Waals surface area (Å²) in [5.74, 6) is 0.758. The molecule has 4 rings (SSSR count). The third kappa shape index (κ3) is 5.39. The number of hydrogen-bond donors (Lipinski definition) is 0. The van der Waals surface area contributed by atoms with Gasteiger partial charge < -0.3 is 4.57 Å². The van der Waals surface area contributed by atoms with Crippen molar-refractivity contribution in [1.82, 2.24) is 24.5 Å². The predicted octanol–water partition coefficient (Wildman–Crippen LogP) is 3.55. The van der Waals surface area contributed by atoms with Crippen molar-refractivity contribution < 1.29 is 0 Å². The molecule has 0 atom stereocenters. The first-order valence-electron chi connectivity index (χ1n) is 9.68. The van der Waals surface area contributed by atoms with Crippen LogP contribution in [-0.2, 0) is 25.1 Å². The Labute approximate surface area is 179 Å². The third-order valence-corrected chi connectivity index (χ3v) is 5.70. The Morgan fingerprint density at radius 1 is 0.867 bits per heavy atom. The summed E-state index contributed by atoms with van der Waals surface area (Å²) in [7, 11) is 0. The van der Waals surface area contributed by atoms with Gasteiger partial charge >= 0.3 is 0 Å². The molecule has 0 aliphatic rings. The molecule has 4 aromatic rings. The molecule has 0 aliphatic carbocycles. The zero-order valence-corrected chi connectivity index (χ0v) is 17.2. The van der Waals surface area contributed by atoms with Crippen molar-refractivity contribution in [2.24, 2.45) is 0 Å². The highest BCUT2D eigenvalue weighted by atomic mass is 32.2. The number of pyridine rings is 1. The lowest BCUT2D eigenvalue weighted by atomic mass is 10.1. The van der Waals surface area contributed by atoms with E-state index in [1.807, 2.05) is 36.5 Å². The second-order valence-corrected chi connectivity index (χ2v) is 7.79. The summed E-state index contributed by atoms with van der Waals surface area (Å²) in [5, 5.41) is 0.728. The fourth-order valence-corrected chi connectivity index (χ4v) is 4.03. The summed E-state index contributed by atoms with van der Waals surface area (Å²) >= 11 is 1.58. The SMILES string of the molecule is O=c1nc(SCc2ccccc2)n(CCc2ccncc2)cc1Cc1cncnc1. The number of benzene rings is 1. The van der Waals surface area contributed by atoms with Gasteiger partial charge in [0.05, 0.1) is 0 Å². The molecule has 3 aromatic heterocycles. The number of hydrogen-bond acceptors (Lipinski definition) is 6. The van der Waals surface area contributed by atoms with E-state index in [1.54, 1.807) is 36.5 Å². The number of nitrogens with zero attached hydrogens (tertiary/aromatic N) is 5. The molecule has 30 heavy (non-hydrogen) atoms. The molecule has 6 nitrogen and oxygen atoms in total. The molecule has 0 spiro atoms. The van der Waals surface area contributed by atoms with E-state index in [2.05, 4.69) is 36.6 Å². The smallest absolute Gasteiger partial charge is 0.277 e. The van der Waals surface area contributed by atoms with Gasteiger partial charge in [0.1, 0.15) is 6.33 Å². The standard InChI is InChI=1S/C23H21N5OS/c29-22-21(12-20-13-25-17-26-14-20)15-28(11-8-18-6-9-24-10-7-18)23(27-22)30-16-19-4-2-1-3-5-19/h1-7,9-10,13-15,17H,8,11-12,16H2. The maximum atomic E-state index is 12.7. The molecular weight excluding hydrogens is 394 g/mol. The van der Waals surface area contributed by atoms with Crippen LogP contribution in [0.3, 0.4) is 0 Å². The van der Waals surface area contributed by atoms with Gasteiger partial charge in [0.2, 0.25) is 0 Å². The first kappa shape index (κ1) is 20.0. The Hall–Kier alpha value is -3.32. The monoisotopic (exact) mass is 415 g/mol. The van der Waals surface area contributed by atoms with Gasteiger partial charge in [-0.2, -0.15) is 4.98 Å². The average Bonchev–Trinajstić information content (AvgIpc) is 2.80. The van der Waals surface area contributed by atoms with E-state index in [4.69, 9.17) is 0 Å². The van der Waals surface area contributed by atoms with Crippen LogP contribution in [0.5, 0.6) is 0 Å². The number of thioether (sulfide) groups is 1. The number of aromatic nitrogens is 5. The summed E-state index contributed by atoms with van der Waals surface area (Å²) in [6, 6.07) is 14.2. The summed E-state index contributed by atoms with van der Waals surface area (Å²) in [6.07, 6.45) is 11.8. The van der Waals surface area contributed by atoms with Crippen LogP contribution in [0.1, 0.15) is 22.3 Å². The highest BCUT2D eigenvalue weighted by Crippen LogP contribution is 2.21. The molecule has 0 radical (unpaired) electrons. The molecule has 7 heteroatoms. The lowest BCUT2D eigenvalue weighted by molar-refractivity contribution is 0.595. The topological polar surface area (TPSA) is 73.6 Å². The summed E-state index contributed by atoms with van der Waals surface area (Å²) in [4.78, 5) is 29.3. The second kappa shape index (κ2) is 9.93. The van der Waals surface area contributed by atoms with Gasteiger partial charge in [-0.25, -0.2) is 9.97 Å². The van der Waals surface area contributed by atoms with Crippen LogP contribution < -0.4 is 5.56 Å². The van der Waals surface area contributed by atoms with E-state index in [9.17, 15) is 4.79 Å². The van der Waals surface area contributed by atoms with Crippen LogP contribution in [0, 0.1) is 0 Å². The van der Waals surface area contributed by atoms with Crippen LogP contribution in [0.25, 0.3) is 0 Å². The maximum absolute atomic E-state index is 12.7. The van der Waals surface area contributed by atoms with E-state index in [0.717, 1.165) is 29.4 Å². The van der Waals surface area contributed by atoms with E-state index >= 15 is 0 Å². The van der Waals surface area contributed by atoms with Crippen molar-refractivity contribution in [2.75, 3.05) is 0 Å². The predicted molar refractivity (Wildman–Crippen MR) is 117 cm³/mol. The van der Waals surface area contributed by atoms with Crippen molar-refractivity contribution in [3.63, 3.8) is 0 Å². The summed E-state index contributed by atoms with van der Waals surface area (Å²) in [5.41, 5.74) is 3.73. The lowest BCUT2D eigenvalue weighted by Crippen LogP contribution is -2.20. The molecule has 150 valence electrons. The molecule has 1 aromatic carbocycles. The van der Waals surface area contributed by atoms with Crippen LogP contribution in [-0.4, -0.2) is 24.5 Å². The minimum atomic E-state index is -0.199. The Balaban J connectivity index is 1.59. The average molecular weight is 416 g/mol. The minimum absolute atomic E-state index is 0.199. The summed E-state index contributed by atoms with van der Waals surface area (Å²) in [6.45, 7) is 0.729. The van der Waals surface area contributed by atoms with Crippen LogP contribution in [0.2, 0.25) is 0 Å². The molecule has 0 saturated carbocycles. The fourth-order valence-electron chi connectivity index (χ4n) is 3.08. The normalized spacial score (nSPS) is 10.8. The van der Waals surface area contributed by atoms with Gasteiger partial charge in [-0.05, 0) is 35.2 Å². The second-order valence-electron chi connectivity index (χ2n) is 6.85. The van der Waals surface area contributed by atoms with E-state index < -0.39 is 0 Å². The third-order valence-electron chi connectivity index (χ3n) is 4.64. The van der Waals surface area contributed by atoms with Crippen LogP contribution in [0.15, 0.2) is 89.7 Å². The van der Waals surface area contributed by atoms with Crippen molar-refractivity contribution in [1.29, 1.82) is 0 Å². The molecular formula is C23H21N5OS. The molecule has 0 unspecified atom stereocenters. The van der Waals surface area contributed by atoms with Crippen molar-refractivity contribution in [2.45, 2.75) is 30.3 Å². The number of rotatable bonds is 8. The van der Waals surface area contributed by atoms with E-state index in [-0.39, 0.29) is 5.56 Å². The fraction of sp³-hybridized carbons (Fsp3) is 0.174. The molecule has 0 bridgehead atoms. The van der Waals surface area contributed by atoms with Gasteiger partial charge in [-0.1, -0.05) is 42.1 Å². The molecule has 0 aliphatic heterocycles. The van der Waals surface area contributed by atoms with Gasteiger partial charge in [0.25, 0.3) is 5.56 Å². The Bertz CT molecular complexity index is 1130. The minimum Gasteiger partial charge on any atom is -0.327 e. The zero-order chi connectivity index (χ0) is 20.6. The Morgan fingerprint density at radius 2 is 1.63 bits per heavy atom. The summed E-state index contributed by atoms with van der Waals surface area (Å²) < 4.78 is 2.08. The van der Waals surface area contributed by atoms with E-state index in [0.29, 0.717) is 12.0 Å². The molecule has 0 saturated heterocycles. The lowest BCUT2D eigenvalue weighted by Gasteiger charge is -2.14. The van der Waals surface area contributed by atoms with Crippen molar-refractivity contribution >= 4 is 11.8 Å². The molecule has 0 N–H and O–H groups in total. The zero-order valence-electron chi connectivity index (χ0n) is 16.4. The van der Waals surface area contributed by atoms with Crippen LogP contribution >= 0.6 is 11.8 Å². The van der Waals surface area contributed by atoms with Gasteiger partial charge in [-0.3, -0.25) is 9.78 Å². The van der Waals surface area contributed by atoms with Crippen LogP contribution in [0.4, 0.5) is 0 Å². The van der Waals surface area contributed by atoms with Crippen molar-refractivity contribution in [3.8, 4) is 0 Å². The number of aryl methyl sites for hydroxylation is 2. The van der Waals surface area contributed by atoms with E-state index in [1.165, 1.54) is 17.5 Å².